The highest BCUT2D eigenvalue weighted by Gasteiger charge is 2.57. The van der Waals surface area contributed by atoms with Crippen LogP contribution < -0.4 is 10.6 Å². The molecule has 1 aromatic rings. The number of rotatable bonds is 10. The van der Waals surface area contributed by atoms with Crippen molar-refractivity contribution in [2.45, 2.75) is 17.6 Å². The molecular formula is C18H18F3N5O8S3. The number of thioether (sulfide) groups is 2. The number of aliphatic carboxylic acids is 2. The van der Waals surface area contributed by atoms with Crippen molar-refractivity contribution in [3.05, 3.63) is 11.1 Å². The fraction of sp³-hybridized carbons (Fsp3) is 0.500. The lowest BCUT2D eigenvalue weighted by atomic mass is 9.89. The molecule has 2 unspecified atom stereocenters. The number of nitrogens with one attached hydrogen (secondary N) is 2. The molecular weight excluding hydrogens is 567 g/mol. The number of β-lactam (4-membered cyclic amide) rings is 1. The molecule has 3 rings (SSSR count). The van der Waals surface area contributed by atoms with Crippen LogP contribution in [0.4, 0.5) is 18.3 Å². The quantitative estimate of drug-likeness (QED) is 0.168. The Labute approximate surface area is 218 Å². The second-order valence-electron chi connectivity index (χ2n) is 7.73. The van der Waals surface area contributed by atoms with E-state index in [-0.39, 0.29) is 23.7 Å². The van der Waals surface area contributed by atoms with Crippen LogP contribution in [0.15, 0.2) is 10.5 Å². The summed E-state index contributed by atoms with van der Waals surface area (Å²) in [7, 11) is 0. The van der Waals surface area contributed by atoms with Gasteiger partial charge >= 0.3 is 24.0 Å². The third-order valence-electron chi connectivity index (χ3n) is 5.09. The Balaban J connectivity index is 1.75. The highest BCUT2D eigenvalue weighted by molar-refractivity contribution is 8.00. The van der Waals surface area contributed by atoms with Gasteiger partial charge in [-0.2, -0.15) is 24.9 Å². The standard InChI is InChI=1S/C18H18F3N5O8S3/c1-35-5-17(15(32)33)4-26-12(30)10(13(26)37-6-17)23-11(29)9(25-34-2-8(27)28)7-3-36-16(22-7)24-14(31)18(19,20)21/h3,10,13H,2,4-6H2,1H3,(H,23,29)(H,27,28)(H,32,33)(H,22,24,31)/t10?,13-,17?/m1/s1. The Bertz CT molecular complexity index is 1150. The molecule has 0 aliphatic carbocycles. The highest BCUT2D eigenvalue weighted by atomic mass is 32.2. The summed E-state index contributed by atoms with van der Waals surface area (Å²) >= 11 is 3.02. The summed E-state index contributed by atoms with van der Waals surface area (Å²) in [6.45, 7) is -1.01. The summed E-state index contributed by atoms with van der Waals surface area (Å²) in [5.74, 6) is -5.93. The number of carboxylic acids is 2. The minimum Gasteiger partial charge on any atom is -0.481 e. The highest BCUT2D eigenvalue weighted by Crippen LogP contribution is 2.43. The summed E-state index contributed by atoms with van der Waals surface area (Å²) in [5, 5.41) is 25.7. The number of halogens is 3. The lowest BCUT2D eigenvalue weighted by molar-refractivity contribution is -0.167. The van der Waals surface area contributed by atoms with Gasteiger partial charge in [0.2, 0.25) is 12.5 Å². The fourth-order valence-corrected chi connectivity index (χ4v) is 6.59. The van der Waals surface area contributed by atoms with Crippen LogP contribution in [0.1, 0.15) is 5.69 Å². The van der Waals surface area contributed by atoms with Crippen LogP contribution in [0.2, 0.25) is 0 Å². The van der Waals surface area contributed by atoms with Gasteiger partial charge in [-0.15, -0.1) is 23.1 Å². The van der Waals surface area contributed by atoms with Crippen LogP contribution >= 0.6 is 34.9 Å². The normalized spacial score (nSPS) is 23.5. The van der Waals surface area contributed by atoms with E-state index in [0.29, 0.717) is 11.3 Å². The van der Waals surface area contributed by atoms with Gasteiger partial charge in [-0.3, -0.25) is 24.5 Å². The first-order valence-corrected chi connectivity index (χ1v) is 13.3. The minimum absolute atomic E-state index is 0.0525. The SMILES string of the molecule is CSCC1(C(=O)O)CS[C@@H]2C(NC(=O)C(=NOCC(=O)O)c3csc(NC(=O)C(F)(F)F)n3)C(=O)N2C1. The zero-order valence-corrected chi connectivity index (χ0v) is 21.1. The molecule has 3 atom stereocenters. The molecule has 0 spiro atoms. The molecule has 2 aliphatic rings. The van der Waals surface area contributed by atoms with Gasteiger partial charge in [-0.25, -0.2) is 9.78 Å². The summed E-state index contributed by atoms with van der Waals surface area (Å²) in [4.78, 5) is 68.9. The van der Waals surface area contributed by atoms with E-state index in [1.165, 1.54) is 22.0 Å². The zero-order valence-electron chi connectivity index (χ0n) is 18.6. The molecule has 13 nitrogen and oxygen atoms in total. The molecule has 2 saturated heterocycles. The van der Waals surface area contributed by atoms with E-state index in [4.69, 9.17) is 5.11 Å². The van der Waals surface area contributed by atoms with E-state index >= 15 is 0 Å². The Kier molecular flexibility index (Phi) is 8.58. The number of hydrogen-bond donors (Lipinski definition) is 4. The molecule has 1 aromatic heterocycles. The number of fused-ring (bicyclic) bond motifs is 1. The van der Waals surface area contributed by atoms with Gasteiger partial charge in [0.05, 0.1) is 0 Å². The first kappa shape index (κ1) is 28.5. The maximum atomic E-state index is 12.9. The fourth-order valence-electron chi connectivity index (χ4n) is 3.36. The van der Waals surface area contributed by atoms with Gasteiger partial charge in [0.15, 0.2) is 10.8 Å². The second kappa shape index (κ2) is 11.1. The Morgan fingerprint density at radius 1 is 1.35 bits per heavy atom. The molecule has 4 N–H and O–H groups in total. The predicted molar refractivity (Wildman–Crippen MR) is 125 cm³/mol. The van der Waals surface area contributed by atoms with E-state index in [1.54, 1.807) is 6.26 Å². The van der Waals surface area contributed by atoms with Gasteiger partial charge in [0.1, 0.15) is 22.5 Å². The zero-order chi connectivity index (χ0) is 27.5. The van der Waals surface area contributed by atoms with Crippen molar-refractivity contribution in [3.8, 4) is 0 Å². The number of carboxylic acid groups (broad SMARTS) is 2. The first-order valence-electron chi connectivity index (χ1n) is 10.00. The van der Waals surface area contributed by atoms with Crippen molar-refractivity contribution < 1.29 is 52.2 Å². The van der Waals surface area contributed by atoms with Crippen molar-refractivity contribution in [3.63, 3.8) is 0 Å². The average molecular weight is 586 g/mol. The summed E-state index contributed by atoms with van der Waals surface area (Å²) in [5.41, 5.74) is -2.16. The van der Waals surface area contributed by atoms with Gasteiger partial charge < -0.3 is 25.3 Å². The topological polar surface area (TPSA) is 188 Å². The predicted octanol–water partition coefficient (Wildman–Crippen LogP) is 0.283. The number of alkyl halides is 3. The number of carbonyl (C=O) groups excluding carboxylic acids is 3. The monoisotopic (exact) mass is 585 g/mol. The average Bonchev–Trinajstić information content (AvgIpc) is 3.27. The van der Waals surface area contributed by atoms with Crippen molar-refractivity contribution in [1.82, 2.24) is 15.2 Å². The summed E-state index contributed by atoms with van der Waals surface area (Å²) in [6, 6.07) is -1.08. The summed E-state index contributed by atoms with van der Waals surface area (Å²) < 4.78 is 37.5. The van der Waals surface area contributed by atoms with Crippen LogP contribution in [-0.2, 0) is 28.8 Å². The minimum atomic E-state index is -5.19. The third-order valence-corrected chi connectivity index (χ3v) is 8.28. The van der Waals surface area contributed by atoms with Gasteiger partial charge in [-0.1, -0.05) is 5.16 Å². The number of amides is 3. The van der Waals surface area contributed by atoms with Crippen LogP contribution in [0, 0.1) is 5.41 Å². The molecule has 37 heavy (non-hydrogen) atoms. The third kappa shape index (κ3) is 6.27. The van der Waals surface area contributed by atoms with Gasteiger partial charge in [-0.05, 0) is 6.26 Å². The Hall–Kier alpha value is -3.06. The molecule has 3 amide bonds. The molecule has 2 aliphatic heterocycles. The lowest BCUT2D eigenvalue weighted by Gasteiger charge is -2.53. The van der Waals surface area contributed by atoms with Crippen molar-refractivity contribution in [1.29, 1.82) is 0 Å². The van der Waals surface area contributed by atoms with E-state index < -0.39 is 70.1 Å². The van der Waals surface area contributed by atoms with Crippen molar-refractivity contribution in [2.24, 2.45) is 10.6 Å². The Morgan fingerprint density at radius 3 is 2.65 bits per heavy atom. The molecule has 0 radical (unpaired) electrons. The molecule has 0 saturated carbocycles. The van der Waals surface area contributed by atoms with Crippen molar-refractivity contribution in [2.75, 3.05) is 36.2 Å². The number of anilines is 1. The second-order valence-corrected chi connectivity index (χ2v) is 10.6. The Morgan fingerprint density at radius 2 is 2.05 bits per heavy atom. The van der Waals surface area contributed by atoms with Crippen LogP contribution in [0.5, 0.6) is 0 Å². The first-order chi connectivity index (χ1) is 17.3. The van der Waals surface area contributed by atoms with Crippen LogP contribution in [-0.4, -0.2) is 104 Å². The van der Waals surface area contributed by atoms with E-state index in [0.717, 1.165) is 17.1 Å². The number of aromatic nitrogens is 1. The molecule has 0 bridgehead atoms. The van der Waals surface area contributed by atoms with E-state index in [2.05, 4.69) is 20.3 Å². The van der Waals surface area contributed by atoms with E-state index in [9.17, 15) is 42.3 Å². The van der Waals surface area contributed by atoms with Gasteiger partial charge in [0.25, 0.3) is 5.91 Å². The van der Waals surface area contributed by atoms with Gasteiger partial charge in [0, 0.05) is 23.4 Å². The molecule has 19 heteroatoms. The van der Waals surface area contributed by atoms with Crippen molar-refractivity contribution >= 4 is 75.4 Å². The number of oxime groups is 1. The maximum absolute atomic E-state index is 12.9. The molecule has 2 fully saturated rings. The molecule has 202 valence electrons. The van der Waals surface area contributed by atoms with E-state index in [1.807, 2.05) is 0 Å². The largest absolute Gasteiger partial charge is 0.481 e. The summed E-state index contributed by atoms with van der Waals surface area (Å²) in [6.07, 6.45) is -3.44. The number of hydrogen-bond acceptors (Lipinski definition) is 11. The number of thiazole rings is 1. The number of nitrogens with zero attached hydrogens (tertiary/aromatic N) is 3. The number of carbonyl (C=O) groups is 5. The van der Waals surface area contributed by atoms with Crippen LogP contribution in [0.25, 0.3) is 0 Å². The molecule has 3 heterocycles. The maximum Gasteiger partial charge on any atom is 0.471 e. The van der Waals surface area contributed by atoms with Crippen LogP contribution in [0.3, 0.4) is 0 Å². The lowest BCUT2D eigenvalue weighted by Crippen LogP contribution is -2.74. The molecule has 0 aromatic carbocycles. The smallest absolute Gasteiger partial charge is 0.471 e.